The largest absolute Gasteiger partial charge is 0.335 e. The molecule has 0 aromatic heterocycles. The van der Waals surface area contributed by atoms with Gasteiger partial charge in [-0.1, -0.05) is 19.3 Å². The third kappa shape index (κ3) is 1.97. The monoisotopic (exact) mass is 195 g/mol. The summed E-state index contributed by atoms with van der Waals surface area (Å²) in [6.45, 7) is 1.03. The lowest BCUT2D eigenvalue weighted by atomic mass is 9.88. The summed E-state index contributed by atoms with van der Waals surface area (Å²) in [5.74, 6) is 0.666. The number of rotatable bonds is 1. The van der Waals surface area contributed by atoms with Gasteiger partial charge in [-0.25, -0.2) is 0 Å². The van der Waals surface area contributed by atoms with E-state index in [0.29, 0.717) is 19.5 Å². The van der Waals surface area contributed by atoms with Crippen molar-refractivity contribution in [1.29, 1.82) is 0 Å². The zero-order chi connectivity index (χ0) is 9.97. The van der Waals surface area contributed by atoms with Crippen LogP contribution in [0.2, 0.25) is 0 Å². The number of Topliss-reactive ketones (excluding diaryl/α,β-unsaturated/α-hetero) is 1. The van der Waals surface area contributed by atoms with Gasteiger partial charge < -0.3 is 4.90 Å². The van der Waals surface area contributed by atoms with E-state index in [2.05, 4.69) is 0 Å². The zero-order valence-electron chi connectivity index (χ0n) is 8.50. The number of nitrogens with zero attached hydrogens (tertiary/aromatic N) is 1. The Balaban J connectivity index is 1.90. The van der Waals surface area contributed by atoms with Gasteiger partial charge in [0.1, 0.15) is 0 Å². The Bertz CT molecular complexity index is 244. The molecule has 0 bridgehead atoms. The Morgan fingerprint density at radius 3 is 2.50 bits per heavy atom. The lowest BCUT2D eigenvalue weighted by Gasteiger charge is -2.25. The van der Waals surface area contributed by atoms with Crippen LogP contribution in [0.3, 0.4) is 0 Å². The maximum absolute atomic E-state index is 11.9. The van der Waals surface area contributed by atoms with E-state index in [4.69, 9.17) is 0 Å². The van der Waals surface area contributed by atoms with Crippen LogP contribution in [0.15, 0.2) is 0 Å². The number of ketones is 1. The molecule has 3 nitrogen and oxygen atoms in total. The van der Waals surface area contributed by atoms with Crippen LogP contribution in [0, 0.1) is 5.92 Å². The van der Waals surface area contributed by atoms with Gasteiger partial charge >= 0.3 is 0 Å². The highest BCUT2D eigenvalue weighted by Gasteiger charge is 2.30. The molecule has 14 heavy (non-hydrogen) atoms. The highest BCUT2D eigenvalue weighted by atomic mass is 16.2. The molecule has 1 aliphatic heterocycles. The molecule has 2 fully saturated rings. The average molecular weight is 195 g/mol. The second-order valence-corrected chi connectivity index (χ2v) is 4.38. The number of carbonyl (C=O) groups is 2. The van der Waals surface area contributed by atoms with Crippen LogP contribution < -0.4 is 0 Å². The Morgan fingerprint density at radius 1 is 1.21 bits per heavy atom. The Kier molecular flexibility index (Phi) is 2.85. The quantitative estimate of drug-likeness (QED) is 0.633. The van der Waals surface area contributed by atoms with Gasteiger partial charge in [0.2, 0.25) is 5.91 Å². The van der Waals surface area contributed by atoms with Crippen molar-refractivity contribution in [3.05, 3.63) is 0 Å². The minimum absolute atomic E-state index is 0.217. The van der Waals surface area contributed by atoms with Crippen LogP contribution in [0.1, 0.15) is 38.5 Å². The van der Waals surface area contributed by atoms with Crippen LogP contribution in [0.5, 0.6) is 0 Å². The number of amides is 1. The number of carbonyl (C=O) groups excluding carboxylic acids is 2. The van der Waals surface area contributed by atoms with Crippen molar-refractivity contribution in [2.75, 3.05) is 13.1 Å². The molecule has 0 spiro atoms. The van der Waals surface area contributed by atoms with Gasteiger partial charge in [0.15, 0.2) is 5.78 Å². The molecule has 3 heteroatoms. The topological polar surface area (TPSA) is 37.4 Å². The molecule has 1 saturated heterocycles. The molecule has 0 radical (unpaired) electrons. The van der Waals surface area contributed by atoms with Crippen LogP contribution >= 0.6 is 0 Å². The van der Waals surface area contributed by atoms with Gasteiger partial charge in [0, 0.05) is 18.9 Å². The summed E-state index contributed by atoms with van der Waals surface area (Å²) in [6.07, 6.45) is 6.25. The molecule has 1 saturated carbocycles. The lowest BCUT2D eigenvalue weighted by Crippen LogP contribution is -2.35. The Hall–Kier alpha value is -0.860. The van der Waals surface area contributed by atoms with E-state index in [0.717, 1.165) is 12.8 Å². The van der Waals surface area contributed by atoms with E-state index in [-0.39, 0.29) is 17.6 Å². The maximum atomic E-state index is 11.9. The maximum Gasteiger partial charge on any atom is 0.226 e. The van der Waals surface area contributed by atoms with Crippen molar-refractivity contribution >= 4 is 11.7 Å². The SMILES string of the molecule is O=C1CCN(C(=O)C2CCCCC2)C1. The van der Waals surface area contributed by atoms with Crippen LogP contribution in [-0.2, 0) is 9.59 Å². The highest BCUT2D eigenvalue weighted by molar-refractivity contribution is 5.90. The standard InChI is InChI=1S/C11H17NO2/c13-10-6-7-12(8-10)11(14)9-4-2-1-3-5-9/h9H,1-8H2. The first-order chi connectivity index (χ1) is 6.77. The number of hydrogen-bond donors (Lipinski definition) is 0. The summed E-state index contributed by atoms with van der Waals surface area (Å²) in [4.78, 5) is 24.7. The number of likely N-dealkylation sites (tertiary alicyclic amines) is 1. The van der Waals surface area contributed by atoms with Gasteiger partial charge in [0.05, 0.1) is 6.54 Å². The van der Waals surface area contributed by atoms with Crippen molar-refractivity contribution < 1.29 is 9.59 Å². The minimum Gasteiger partial charge on any atom is -0.335 e. The van der Waals surface area contributed by atoms with E-state index in [1.807, 2.05) is 0 Å². The fraction of sp³-hybridized carbons (Fsp3) is 0.818. The average Bonchev–Trinajstić information content (AvgIpc) is 2.65. The predicted octanol–water partition coefficient (Wildman–Crippen LogP) is 1.37. The van der Waals surface area contributed by atoms with E-state index in [1.165, 1.54) is 19.3 Å². The summed E-state index contributed by atoms with van der Waals surface area (Å²) in [5.41, 5.74) is 0. The molecule has 1 aliphatic carbocycles. The molecular formula is C11H17NO2. The fourth-order valence-corrected chi connectivity index (χ4v) is 2.43. The van der Waals surface area contributed by atoms with E-state index < -0.39 is 0 Å². The normalized spacial score (nSPS) is 24.3. The van der Waals surface area contributed by atoms with Gasteiger partial charge in [-0.3, -0.25) is 9.59 Å². The number of hydrogen-bond acceptors (Lipinski definition) is 2. The minimum atomic E-state index is 0.217. The fourth-order valence-electron chi connectivity index (χ4n) is 2.43. The molecular weight excluding hydrogens is 178 g/mol. The smallest absolute Gasteiger partial charge is 0.226 e. The van der Waals surface area contributed by atoms with Crippen LogP contribution in [0.25, 0.3) is 0 Å². The van der Waals surface area contributed by atoms with E-state index >= 15 is 0 Å². The summed E-state index contributed by atoms with van der Waals surface area (Å²) in [7, 11) is 0. The molecule has 2 aliphatic rings. The van der Waals surface area contributed by atoms with E-state index in [1.54, 1.807) is 4.90 Å². The van der Waals surface area contributed by atoms with Gasteiger partial charge in [-0.15, -0.1) is 0 Å². The molecule has 0 aromatic carbocycles. The Morgan fingerprint density at radius 2 is 1.93 bits per heavy atom. The lowest BCUT2D eigenvalue weighted by molar-refractivity contribution is -0.136. The predicted molar refractivity (Wildman–Crippen MR) is 52.8 cm³/mol. The third-order valence-corrected chi connectivity index (χ3v) is 3.29. The molecule has 2 rings (SSSR count). The van der Waals surface area contributed by atoms with Crippen molar-refractivity contribution in [2.45, 2.75) is 38.5 Å². The zero-order valence-corrected chi connectivity index (χ0v) is 8.50. The highest BCUT2D eigenvalue weighted by Crippen LogP contribution is 2.26. The van der Waals surface area contributed by atoms with Gasteiger partial charge in [0.25, 0.3) is 0 Å². The molecule has 1 heterocycles. The molecule has 78 valence electrons. The first kappa shape index (κ1) is 9.69. The van der Waals surface area contributed by atoms with Crippen molar-refractivity contribution in [1.82, 2.24) is 4.90 Å². The summed E-state index contributed by atoms with van der Waals surface area (Å²) in [6, 6.07) is 0. The van der Waals surface area contributed by atoms with Crippen LogP contribution in [0.4, 0.5) is 0 Å². The molecule has 0 unspecified atom stereocenters. The van der Waals surface area contributed by atoms with Gasteiger partial charge in [-0.05, 0) is 12.8 Å². The third-order valence-electron chi connectivity index (χ3n) is 3.29. The van der Waals surface area contributed by atoms with Crippen LogP contribution in [-0.4, -0.2) is 29.7 Å². The summed E-state index contributed by atoms with van der Waals surface area (Å²) >= 11 is 0. The molecule has 1 amide bonds. The summed E-state index contributed by atoms with van der Waals surface area (Å²) in [5, 5.41) is 0. The van der Waals surface area contributed by atoms with Crippen molar-refractivity contribution in [2.24, 2.45) is 5.92 Å². The second-order valence-electron chi connectivity index (χ2n) is 4.38. The second kappa shape index (κ2) is 4.11. The first-order valence-electron chi connectivity index (χ1n) is 5.58. The van der Waals surface area contributed by atoms with E-state index in [9.17, 15) is 9.59 Å². The van der Waals surface area contributed by atoms with Crippen molar-refractivity contribution in [3.8, 4) is 0 Å². The Labute approximate surface area is 84.5 Å². The molecule has 0 N–H and O–H groups in total. The summed E-state index contributed by atoms with van der Waals surface area (Å²) < 4.78 is 0. The van der Waals surface area contributed by atoms with Gasteiger partial charge in [-0.2, -0.15) is 0 Å². The molecule has 0 atom stereocenters. The molecule has 0 aromatic rings. The van der Waals surface area contributed by atoms with Crippen molar-refractivity contribution in [3.63, 3.8) is 0 Å². The first-order valence-corrected chi connectivity index (χ1v) is 5.58.